The highest BCUT2D eigenvalue weighted by molar-refractivity contribution is 5.99. The van der Waals surface area contributed by atoms with E-state index in [0.29, 0.717) is 17.8 Å². The van der Waals surface area contributed by atoms with Gasteiger partial charge in [-0.2, -0.15) is 0 Å². The summed E-state index contributed by atoms with van der Waals surface area (Å²) in [6.07, 6.45) is 6.09. The molecule has 0 spiro atoms. The molecule has 0 radical (unpaired) electrons. The number of pyridine rings is 1. The van der Waals surface area contributed by atoms with Crippen molar-refractivity contribution in [3.05, 3.63) is 23.5 Å². The van der Waals surface area contributed by atoms with Crippen molar-refractivity contribution >= 4 is 11.6 Å². The normalized spacial score (nSPS) is 18.6. The van der Waals surface area contributed by atoms with E-state index in [9.17, 15) is 4.79 Å². The minimum atomic E-state index is -0.166. The summed E-state index contributed by atoms with van der Waals surface area (Å²) in [5.74, 6) is 5.26. The van der Waals surface area contributed by atoms with E-state index in [4.69, 9.17) is 10.6 Å². The molecule has 1 aliphatic heterocycles. The lowest BCUT2D eigenvalue weighted by atomic mass is 10.1. The molecule has 110 valence electrons. The van der Waals surface area contributed by atoms with Gasteiger partial charge in [-0.1, -0.05) is 0 Å². The summed E-state index contributed by atoms with van der Waals surface area (Å²) in [6.45, 7) is 3.28. The number of ether oxygens (including phenoxy) is 1. The van der Waals surface area contributed by atoms with Crippen LogP contribution in [0.5, 0.6) is 0 Å². The topological polar surface area (TPSA) is 89.3 Å². The Labute approximate surface area is 119 Å². The Bertz CT molecular complexity index is 458. The van der Waals surface area contributed by atoms with Crippen LogP contribution in [0.15, 0.2) is 12.3 Å². The second-order valence-corrected chi connectivity index (χ2v) is 5.05. The number of hydrogen-bond acceptors (Lipinski definition) is 5. The number of aromatic nitrogens is 1. The van der Waals surface area contributed by atoms with Gasteiger partial charge >= 0.3 is 0 Å². The monoisotopic (exact) mass is 278 g/mol. The summed E-state index contributed by atoms with van der Waals surface area (Å²) in [5, 5.41) is 2.89. The molecule has 4 N–H and O–H groups in total. The van der Waals surface area contributed by atoms with Gasteiger partial charge in [0.15, 0.2) is 0 Å². The summed E-state index contributed by atoms with van der Waals surface area (Å²) in [5.41, 5.74) is 4.39. The third-order valence-electron chi connectivity index (χ3n) is 3.47. The van der Waals surface area contributed by atoms with Crippen LogP contribution >= 0.6 is 0 Å². The van der Waals surface area contributed by atoms with Gasteiger partial charge in [0.2, 0.25) is 0 Å². The van der Waals surface area contributed by atoms with E-state index in [1.807, 2.05) is 6.92 Å². The van der Waals surface area contributed by atoms with Crippen LogP contribution in [0.3, 0.4) is 0 Å². The maximum absolute atomic E-state index is 12.1. The third kappa shape index (κ3) is 3.91. The minimum absolute atomic E-state index is 0.166. The Hall–Kier alpha value is -1.66. The smallest absolute Gasteiger partial charge is 0.255 e. The van der Waals surface area contributed by atoms with Crippen LogP contribution in [0.1, 0.15) is 41.7 Å². The molecule has 1 saturated heterocycles. The molecule has 1 aromatic heterocycles. The molecular formula is C14H22N4O2. The van der Waals surface area contributed by atoms with Gasteiger partial charge < -0.3 is 15.5 Å². The van der Waals surface area contributed by atoms with Crippen molar-refractivity contribution in [1.29, 1.82) is 0 Å². The van der Waals surface area contributed by atoms with Crippen LogP contribution in [0.4, 0.5) is 5.69 Å². The number of nitrogens with two attached hydrogens (primary N) is 1. The SMILES string of the molecule is Cc1cc(NN)c(C(=O)NCCC2CCCCO2)cn1. The molecule has 2 rings (SSSR count). The number of carbonyl (C=O) groups is 1. The maximum atomic E-state index is 12.1. The van der Waals surface area contributed by atoms with E-state index in [1.54, 1.807) is 6.07 Å². The van der Waals surface area contributed by atoms with Crippen molar-refractivity contribution in [1.82, 2.24) is 10.3 Å². The zero-order valence-corrected chi connectivity index (χ0v) is 11.8. The summed E-state index contributed by atoms with van der Waals surface area (Å²) in [7, 11) is 0. The molecule has 1 atom stereocenters. The second-order valence-electron chi connectivity index (χ2n) is 5.05. The highest BCUT2D eigenvalue weighted by Gasteiger charge is 2.15. The third-order valence-corrected chi connectivity index (χ3v) is 3.47. The lowest BCUT2D eigenvalue weighted by molar-refractivity contribution is 0.0117. The molecule has 0 saturated carbocycles. The number of hydrazine groups is 1. The molecule has 1 aromatic rings. The Morgan fingerprint density at radius 3 is 3.10 bits per heavy atom. The van der Waals surface area contributed by atoms with Gasteiger partial charge in [-0.25, -0.2) is 0 Å². The fourth-order valence-electron chi connectivity index (χ4n) is 2.34. The Morgan fingerprint density at radius 2 is 2.40 bits per heavy atom. The van der Waals surface area contributed by atoms with Crippen LogP contribution in [0.25, 0.3) is 0 Å². The largest absolute Gasteiger partial charge is 0.378 e. The van der Waals surface area contributed by atoms with Gasteiger partial charge in [0.25, 0.3) is 5.91 Å². The van der Waals surface area contributed by atoms with Crippen LogP contribution in [-0.4, -0.2) is 30.1 Å². The second kappa shape index (κ2) is 7.21. The molecule has 1 amide bonds. The Kier molecular flexibility index (Phi) is 5.31. The predicted octanol–water partition coefficient (Wildman–Crippen LogP) is 1.36. The Morgan fingerprint density at radius 1 is 1.55 bits per heavy atom. The predicted molar refractivity (Wildman–Crippen MR) is 77.3 cm³/mol. The van der Waals surface area contributed by atoms with Crippen molar-refractivity contribution < 1.29 is 9.53 Å². The highest BCUT2D eigenvalue weighted by Crippen LogP contribution is 2.16. The molecule has 1 fully saturated rings. The molecule has 1 unspecified atom stereocenters. The highest BCUT2D eigenvalue weighted by atomic mass is 16.5. The standard InChI is InChI=1S/C14H22N4O2/c1-10-8-13(18-15)12(9-17-10)14(19)16-6-5-11-4-2-3-7-20-11/h8-9,11H,2-7,15H2,1H3,(H,16,19)(H,17,18). The van der Waals surface area contributed by atoms with Crippen LogP contribution in [0, 0.1) is 6.92 Å². The maximum Gasteiger partial charge on any atom is 0.255 e. The fraction of sp³-hybridized carbons (Fsp3) is 0.571. The number of carbonyl (C=O) groups excluding carboxylic acids is 1. The van der Waals surface area contributed by atoms with Crippen LogP contribution in [0.2, 0.25) is 0 Å². The number of hydrogen-bond donors (Lipinski definition) is 3. The number of nitrogens with one attached hydrogen (secondary N) is 2. The van der Waals surface area contributed by atoms with Gasteiger partial charge in [-0.05, 0) is 38.7 Å². The molecule has 0 bridgehead atoms. The molecule has 20 heavy (non-hydrogen) atoms. The van der Waals surface area contributed by atoms with Crippen molar-refractivity contribution in [2.24, 2.45) is 5.84 Å². The van der Waals surface area contributed by atoms with Crippen LogP contribution in [-0.2, 0) is 4.74 Å². The van der Waals surface area contributed by atoms with Gasteiger partial charge in [0.05, 0.1) is 17.4 Å². The quantitative estimate of drug-likeness (QED) is 0.559. The number of amides is 1. The zero-order valence-electron chi connectivity index (χ0n) is 11.8. The van der Waals surface area contributed by atoms with E-state index < -0.39 is 0 Å². The first-order valence-electron chi connectivity index (χ1n) is 7.04. The minimum Gasteiger partial charge on any atom is -0.378 e. The lowest BCUT2D eigenvalue weighted by Crippen LogP contribution is -2.30. The van der Waals surface area contributed by atoms with Crippen LogP contribution < -0.4 is 16.6 Å². The number of anilines is 1. The number of nitrogen functional groups attached to an aromatic ring is 1. The molecule has 1 aliphatic rings. The first kappa shape index (κ1) is 14.7. The summed E-state index contributed by atoms with van der Waals surface area (Å²) in [4.78, 5) is 16.2. The summed E-state index contributed by atoms with van der Waals surface area (Å²) in [6, 6.07) is 1.75. The molecule has 6 nitrogen and oxygen atoms in total. The molecule has 2 heterocycles. The fourth-order valence-corrected chi connectivity index (χ4v) is 2.34. The first-order chi connectivity index (χ1) is 9.70. The Balaban J connectivity index is 1.85. The average molecular weight is 278 g/mol. The van der Waals surface area contributed by atoms with E-state index in [2.05, 4.69) is 15.7 Å². The van der Waals surface area contributed by atoms with Gasteiger partial charge in [-0.15, -0.1) is 0 Å². The van der Waals surface area contributed by atoms with Crippen molar-refractivity contribution in [2.45, 2.75) is 38.7 Å². The zero-order chi connectivity index (χ0) is 14.4. The van der Waals surface area contributed by atoms with Gasteiger partial charge in [0, 0.05) is 25.0 Å². The van der Waals surface area contributed by atoms with Crippen molar-refractivity contribution in [3.8, 4) is 0 Å². The number of nitrogens with zero attached hydrogens (tertiary/aromatic N) is 1. The van der Waals surface area contributed by atoms with E-state index in [1.165, 1.54) is 12.6 Å². The summed E-state index contributed by atoms with van der Waals surface area (Å²) < 4.78 is 5.63. The van der Waals surface area contributed by atoms with Gasteiger partial charge in [-0.3, -0.25) is 15.6 Å². The molecule has 0 aliphatic carbocycles. The van der Waals surface area contributed by atoms with Crippen molar-refractivity contribution in [2.75, 3.05) is 18.6 Å². The first-order valence-corrected chi connectivity index (χ1v) is 7.04. The average Bonchev–Trinajstić information content (AvgIpc) is 2.48. The molecule has 6 heteroatoms. The molecule has 0 aromatic carbocycles. The van der Waals surface area contributed by atoms with Gasteiger partial charge in [0.1, 0.15) is 0 Å². The number of aryl methyl sites for hydroxylation is 1. The molecular weight excluding hydrogens is 256 g/mol. The van der Waals surface area contributed by atoms with E-state index in [0.717, 1.165) is 31.6 Å². The van der Waals surface area contributed by atoms with E-state index in [-0.39, 0.29) is 12.0 Å². The lowest BCUT2D eigenvalue weighted by Gasteiger charge is -2.22. The summed E-state index contributed by atoms with van der Waals surface area (Å²) >= 11 is 0. The number of rotatable bonds is 5. The van der Waals surface area contributed by atoms with Crippen molar-refractivity contribution in [3.63, 3.8) is 0 Å². The van der Waals surface area contributed by atoms with E-state index >= 15 is 0 Å².